The second-order valence-corrected chi connectivity index (χ2v) is 7.22. The minimum absolute atomic E-state index is 0.290. The standard InChI is InChI=1S/C24H26N2O7/c1-14-20(15(2)33-26-14)13-31-18-8-6-17(7-9-18)24(28)32-16(3)23(27)25-21-12-19(29-4)10-11-22(21)30-5/h6-12,16H,13H2,1-5H3,(H,25,27). The lowest BCUT2D eigenvalue weighted by molar-refractivity contribution is -0.123. The highest BCUT2D eigenvalue weighted by molar-refractivity contribution is 5.98. The van der Waals surface area contributed by atoms with Gasteiger partial charge in [0.05, 0.1) is 36.7 Å². The number of rotatable bonds is 9. The minimum Gasteiger partial charge on any atom is -0.497 e. The van der Waals surface area contributed by atoms with Gasteiger partial charge < -0.3 is 28.8 Å². The van der Waals surface area contributed by atoms with Crippen molar-refractivity contribution in [2.75, 3.05) is 19.5 Å². The molecule has 0 saturated carbocycles. The van der Waals surface area contributed by atoms with Gasteiger partial charge in [0.1, 0.15) is 29.6 Å². The average molecular weight is 454 g/mol. The van der Waals surface area contributed by atoms with Gasteiger partial charge >= 0.3 is 5.97 Å². The van der Waals surface area contributed by atoms with Gasteiger partial charge in [0.25, 0.3) is 5.91 Å². The first-order valence-electron chi connectivity index (χ1n) is 10.2. The third-order valence-electron chi connectivity index (χ3n) is 4.97. The Morgan fingerprint density at radius 1 is 1.03 bits per heavy atom. The van der Waals surface area contributed by atoms with Crippen LogP contribution < -0.4 is 19.5 Å². The lowest BCUT2D eigenvalue weighted by atomic mass is 10.2. The molecule has 0 bridgehead atoms. The number of aryl methyl sites for hydroxylation is 2. The van der Waals surface area contributed by atoms with Crippen LogP contribution in [0.4, 0.5) is 5.69 Å². The number of nitrogens with one attached hydrogen (secondary N) is 1. The minimum atomic E-state index is -1.04. The molecule has 1 amide bonds. The number of nitrogens with zero attached hydrogens (tertiary/aromatic N) is 1. The van der Waals surface area contributed by atoms with E-state index in [1.165, 1.54) is 21.1 Å². The highest BCUT2D eigenvalue weighted by Gasteiger charge is 2.21. The molecular formula is C24H26N2O7. The predicted octanol–water partition coefficient (Wildman–Crippen LogP) is 4.07. The Labute approximate surface area is 191 Å². The number of carbonyl (C=O) groups is 2. The summed E-state index contributed by atoms with van der Waals surface area (Å²) in [5, 5.41) is 6.58. The summed E-state index contributed by atoms with van der Waals surface area (Å²) in [4.78, 5) is 25.0. The summed E-state index contributed by atoms with van der Waals surface area (Å²) in [5.74, 6) is 1.14. The Morgan fingerprint density at radius 3 is 2.33 bits per heavy atom. The van der Waals surface area contributed by atoms with Gasteiger partial charge in [-0.05, 0) is 57.2 Å². The van der Waals surface area contributed by atoms with Gasteiger partial charge in [-0.15, -0.1) is 0 Å². The predicted molar refractivity (Wildman–Crippen MR) is 120 cm³/mol. The van der Waals surface area contributed by atoms with Crippen LogP contribution in [-0.4, -0.2) is 37.4 Å². The number of aromatic nitrogens is 1. The number of anilines is 1. The van der Waals surface area contributed by atoms with Crippen LogP contribution >= 0.6 is 0 Å². The first-order valence-corrected chi connectivity index (χ1v) is 10.2. The first kappa shape index (κ1) is 23.6. The molecule has 0 aliphatic carbocycles. The van der Waals surface area contributed by atoms with Crippen LogP contribution in [0.15, 0.2) is 47.0 Å². The second-order valence-electron chi connectivity index (χ2n) is 7.22. The molecule has 0 aliphatic heterocycles. The smallest absolute Gasteiger partial charge is 0.338 e. The molecule has 0 radical (unpaired) electrons. The van der Waals surface area contributed by atoms with Crippen molar-refractivity contribution in [1.29, 1.82) is 0 Å². The number of hydrogen-bond acceptors (Lipinski definition) is 8. The summed E-state index contributed by atoms with van der Waals surface area (Å²) in [7, 11) is 3.01. The van der Waals surface area contributed by atoms with Crippen LogP contribution in [0.5, 0.6) is 17.2 Å². The van der Waals surface area contributed by atoms with Crippen LogP contribution in [0.25, 0.3) is 0 Å². The fourth-order valence-electron chi connectivity index (χ4n) is 2.98. The van der Waals surface area contributed by atoms with Crippen LogP contribution in [-0.2, 0) is 16.1 Å². The van der Waals surface area contributed by atoms with Gasteiger partial charge in [0, 0.05) is 6.07 Å². The normalized spacial score (nSPS) is 11.4. The molecule has 0 fully saturated rings. The molecule has 1 atom stereocenters. The van der Waals surface area contributed by atoms with Crippen LogP contribution in [0.3, 0.4) is 0 Å². The van der Waals surface area contributed by atoms with E-state index in [1.54, 1.807) is 42.5 Å². The molecule has 3 aromatic rings. The van der Waals surface area contributed by atoms with E-state index in [-0.39, 0.29) is 0 Å². The molecule has 1 aromatic heterocycles. The molecule has 3 rings (SSSR count). The SMILES string of the molecule is COc1ccc(OC)c(NC(=O)C(C)OC(=O)c2ccc(OCc3c(C)noc3C)cc2)c1. The molecular weight excluding hydrogens is 428 g/mol. The number of hydrogen-bond donors (Lipinski definition) is 1. The lowest BCUT2D eigenvalue weighted by Gasteiger charge is -2.16. The van der Waals surface area contributed by atoms with Gasteiger partial charge in [0.2, 0.25) is 0 Å². The molecule has 0 aliphatic rings. The van der Waals surface area contributed by atoms with Crippen LogP contribution in [0.1, 0.15) is 34.3 Å². The van der Waals surface area contributed by atoms with Crippen molar-refractivity contribution in [1.82, 2.24) is 5.16 Å². The zero-order valence-electron chi connectivity index (χ0n) is 19.1. The Hall–Kier alpha value is -4.01. The van der Waals surface area contributed by atoms with E-state index >= 15 is 0 Å². The first-order chi connectivity index (χ1) is 15.8. The molecule has 1 heterocycles. The molecule has 9 nitrogen and oxygen atoms in total. The fraction of sp³-hybridized carbons (Fsp3) is 0.292. The zero-order chi connectivity index (χ0) is 24.0. The maximum Gasteiger partial charge on any atom is 0.338 e. The van der Waals surface area contributed by atoms with Gasteiger partial charge in [-0.3, -0.25) is 4.79 Å². The number of benzene rings is 2. The van der Waals surface area contributed by atoms with Gasteiger partial charge in [0.15, 0.2) is 6.10 Å². The fourth-order valence-corrected chi connectivity index (χ4v) is 2.98. The van der Waals surface area contributed by atoms with E-state index < -0.39 is 18.0 Å². The number of amides is 1. The number of esters is 1. The van der Waals surface area contributed by atoms with Gasteiger partial charge in [-0.25, -0.2) is 4.79 Å². The van der Waals surface area contributed by atoms with E-state index in [0.717, 1.165) is 11.3 Å². The highest BCUT2D eigenvalue weighted by atomic mass is 16.5. The summed E-state index contributed by atoms with van der Waals surface area (Å²) in [6.45, 7) is 5.45. The zero-order valence-corrected chi connectivity index (χ0v) is 19.1. The molecule has 33 heavy (non-hydrogen) atoms. The van der Waals surface area contributed by atoms with Gasteiger partial charge in [-0.2, -0.15) is 0 Å². The molecule has 174 valence electrons. The van der Waals surface area contributed by atoms with Gasteiger partial charge in [-0.1, -0.05) is 5.16 Å². The van der Waals surface area contributed by atoms with Crippen molar-refractivity contribution in [2.45, 2.75) is 33.5 Å². The van der Waals surface area contributed by atoms with Crippen LogP contribution in [0, 0.1) is 13.8 Å². The van der Waals surface area contributed by atoms with Crippen molar-refractivity contribution in [2.24, 2.45) is 0 Å². The van der Waals surface area contributed by atoms with Crippen molar-refractivity contribution >= 4 is 17.6 Å². The summed E-state index contributed by atoms with van der Waals surface area (Å²) in [6, 6.07) is 11.4. The number of methoxy groups -OCH3 is 2. The number of carbonyl (C=O) groups excluding carboxylic acids is 2. The largest absolute Gasteiger partial charge is 0.497 e. The topological polar surface area (TPSA) is 109 Å². The summed E-state index contributed by atoms with van der Waals surface area (Å²) in [6.07, 6.45) is -1.04. The summed E-state index contributed by atoms with van der Waals surface area (Å²) >= 11 is 0. The molecule has 1 N–H and O–H groups in total. The van der Waals surface area contributed by atoms with Crippen molar-refractivity contribution in [3.05, 3.63) is 65.0 Å². The highest BCUT2D eigenvalue weighted by Crippen LogP contribution is 2.29. The second kappa shape index (κ2) is 10.5. The molecule has 0 saturated heterocycles. The summed E-state index contributed by atoms with van der Waals surface area (Å²) in [5.41, 5.74) is 2.35. The van der Waals surface area contributed by atoms with E-state index in [0.29, 0.717) is 40.9 Å². The van der Waals surface area contributed by atoms with Crippen LogP contribution in [0.2, 0.25) is 0 Å². The molecule has 0 spiro atoms. The molecule has 1 unspecified atom stereocenters. The Bertz CT molecular complexity index is 1100. The third-order valence-corrected chi connectivity index (χ3v) is 4.97. The Kier molecular flexibility index (Phi) is 7.55. The monoisotopic (exact) mass is 454 g/mol. The van der Waals surface area contributed by atoms with E-state index in [4.69, 9.17) is 23.5 Å². The Balaban J connectivity index is 1.57. The maximum absolute atomic E-state index is 12.5. The van der Waals surface area contributed by atoms with Crippen molar-refractivity contribution < 1.29 is 33.1 Å². The lowest BCUT2D eigenvalue weighted by Crippen LogP contribution is -2.30. The van der Waals surface area contributed by atoms with E-state index in [1.807, 2.05) is 13.8 Å². The third kappa shape index (κ3) is 5.82. The quantitative estimate of drug-likeness (QED) is 0.482. The Morgan fingerprint density at radius 2 is 1.73 bits per heavy atom. The molecule has 9 heteroatoms. The van der Waals surface area contributed by atoms with Crippen molar-refractivity contribution in [3.8, 4) is 17.2 Å². The number of ether oxygens (including phenoxy) is 4. The van der Waals surface area contributed by atoms with Crippen molar-refractivity contribution in [3.63, 3.8) is 0 Å². The molecule has 2 aromatic carbocycles. The van der Waals surface area contributed by atoms with E-state index in [2.05, 4.69) is 10.5 Å². The van der Waals surface area contributed by atoms with E-state index in [9.17, 15) is 9.59 Å². The average Bonchev–Trinajstić information content (AvgIpc) is 3.14. The summed E-state index contributed by atoms with van der Waals surface area (Å²) < 4.78 is 26.6. The maximum atomic E-state index is 12.5.